The summed E-state index contributed by atoms with van der Waals surface area (Å²) in [5.74, 6) is -0.409. The van der Waals surface area contributed by atoms with Gasteiger partial charge in [0.05, 0.1) is 11.3 Å². The largest absolute Gasteiger partial charge is 0.366 e. The van der Waals surface area contributed by atoms with Crippen LogP contribution < -0.4 is 16.8 Å². The predicted octanol–water partition coefficient (Wildman–Crippen LogP) is 1.55. The van der Waals surface area contributed by atoms with E-state index >= 15 is 0 Å². The molecule has 0 aromatic heterocycles. The summed E-state index contributed by atoms with van der Waals surface area (Å²) in [5, 5.41) is 2.78. The van der Waals surface area contributed by atoms with Crippen molar-refractivity contribution in [1.82, 2.24) is 0 Å². The molecule has 20 heavy (non-hydrogen) atoms. The van der Waals surface area contributed by atoms with Crippen LogP contribution in [0.1, 0.15) is 41.6 Å². The van der Waals surface area contributed by atoms with Crippen molar-refractivity contribution in [2.75, 3.05) is 5.32 Å². The van der Waals surface area contributed by atoms with Crippen LogP contribution in [-0.4, -0.2) is 17.9 Å². The first kappa shape index (κ1) is 14.5. The van der Waals surface area contributed by atoms with Crippen molar-refractivity contribution in [1.29, 1.82) is 0 Å². The van der Waals surface area contributed by atoms with E-state index in [1.54, 1.807) is 25.1 Å². The minimum Gasteiger partial charge on any atom is -0.366 e. The lowest BCUT2D eigenvalue weighted by Gasteiger charge is -2.16. The molecule has 1 fully saturated rings. The van der Waals surface area contributed by atoms with Crippen LogP contribution in [0.3, 0.4) is 0 Å². The minimum absolute atomic E-state index is 0.105. The average Bonchev–Trinajstić information content (AvgIpc) is 2.74. The number of aryl methyl sites for hydroxylation is 1. The maximum atomic E-state index is 12.1. The number of hydrogen-bond donors (Lipinski definition) is 3. The highest BCUT2D eigenvalue weighted by Crippen LogP contribution is 2.27. The first-order valence-corrected chi connectivity index (χ1v) is 6.94. The molecule has 1 aliphatic carbocycles. The topological polar surface area (TPSA) is 98.2 Å². The van der Waals surface area contributed by atoms with Crippen molar-refractivity contribution in [3.63, 3.8) is 0 Å². The van der Waals surface area contributed by atoms with Gasteiger partial charge in [0.2, 0.25) is 5.91 Å². The molecule has 1 saturated carbocycles. The number of carbonyl (C=O) groups is 2. The molecule has 1 aliphatic rings. The van der Waals surface area contributed by atoms with Crippen LogP contribution in [-0.2, 0) is 4.79 Å². The Morgan fingerprint density at radius 1 is 1.35 bits per heavy atom. The summed E-state index contributed by atoms with van der Waals surface area (Å²) in [6.07, 6.45) is 3.45. The van der Waals surface area contributed by atoms with Gasteiger partial charge in [0.15, 0.2) is 0 Å². The van der Waals surface area contributed by atoms with Crippen LogP contribution in [0.15, 0.2) is 18.2 Å². The second-order valence-corrected chi connectivity index (χ2v) is 5.47. The average molecular weight is 275 g/mol. The van der Waals surface area contributed by atoms with Crippen LogP contribution in [0.5, 0.6) is 0 Å². The van der Waals surface area contributed by atoms with Crippen molar-refractivity contribution in [3.05, 3.63) is 29.3 Å². The predicted molar refractivity (Wildman–Crippen MR) is 78.3 cm³/mol. The van der Waals surface area contributed by atoms with Gasteiger partial charge in [-0.1, -0.05) is 18.6 Å². The van der Waals surface area contributed by atoms with E-state index in [1.165, 1.54) is 0 Å². The molecular formula is C15H21N3O2. The monoisotopic (exact) mass is 275 g/mol. The molecule has 5 N–H and O–H groups in total. The van der Waals surface area contributed by atoms with Crippen LogP contribution >= 0.6 is 0 Å². The highest BCUT2D eigenvalue weighted by Gasteiger charge is 2.26. The van der Waals surface area contributed by atoms with Crippen molar-refractivity contribution in [3.8, 4) is 0 Å². The lowest BCUT2D eigenvalue weighted by molar-refractivity contribution is -0.117. The maximum absolute atomic E-state index is 12.1. The van der Waals surface area contributed by atoms with Crippen molar-refractivity contribution in [2.24, 2.45) is 17.4 Å². The number of nitrogens with one attached hydrogen (secondary N) is 1. The van der Waals surface area contributed by atoms with E-state index < -0.39 is 5.91 Å². The molecule has 1 aromatic carbocycles. The lowest BCUT2D eigenvalue weighted by Crippen LogP contribution is -2.28. The highest BCUT2D eigenvalue weighted by atomic mass is 16.2. The molecule has 5 heteroatoms. The standard InChI is InChI=1S/C15H21N3O2/c1-9-4-2-7-12(14(9)15(17)20)18-13(19)8-10-5-3-6-11(10)16/h2,4,7,10-11H,3,5-6,8,16H2,1H3,(H2,17,20)(H,18,19)/t10-,11+/m0/s1. The van der Waals surface area contributed by atoms with E-state index in [0.717, 1.165) is 24.8 Å². The van der Waals surface area contributed by atoms with Crippen LogP contribution in [0, 0.1) is 12.8 Å². The summed E-state index contributed by atoms with van der Waals surface area (Å²) >= 11 is 0. The van der Waals surface area contributed by atoms with Gasteiger partial charge in [0.1, 0.15) is 0 Å². The van der Waals surface area contributed by atoms with Gasteiger partial charge in [-0.05, 0) is 37.3 Å². The smallest absolute Gasteiger partial charge is 0.251 e. The van der Waals surface area contributed by atoms with Gasteiger partial charge < -0.3 is 16.8 Å². The molecule has 0 unspecified atom stereocenters. The normalized spacial score (nSPS) is 21.7. The molecule has 2 amide bonds. The number of nitrogens with two attached hydrogens (primary N) is 2. The molecule has 0 radical (unpaired) electrons. The van der Waals surface area contributed by atoms with E-state index in [9.17, 15) is 9.59 Å². The molecule has 1 aromatic rings. The van der Waals surface area contributed by atoms with Crippen molar-refractivity contribution in [2.45, 2.75) is 38.6 Å². The lowest BCUT2D eigenvalue weighted by atomic mass is 9.99. The van der Waals surface area contributed by atoms with Crippen LogP contribution in [0.25, 0.3) is 0 Å². The number of carbonyl (C=O) groups excluding carboxylic acids is 2. The van der Waals surface area contributed by atoms with Gasteiger partial charge in [-0.25, -0.2) is 0 Å². The van der Waals surface area contributed by atoms with E-state index in [2.05, 4.69) is 5.32 Å². The Hall–Kier alpha value is -1.88. The maximum Gasteiger partial charge on any atom is 0.251 e. The van der Waals surface area contributed by atoms with Gasteiger partial charge in [0, 0.05) is 12.5 Å². The summed E-state index contributed by atoms with van der Waals surface area (Å²) in [6, 6.07) is 5.38. The highest BCUT2D eigenvalue weighted by molar-refractivity contribution is 6.04. The quantitative estimate of drug-likeness (QED) is 0.777. The van der Waals surface area contributed by atoms with Crippen molar-refractivity contribution < 1.29 is 9.59 Å². The van der Waals surface area contributed by atoms with Gasteiger partial charge in [0.25, 0.3) is 5.91 Å². The molecule has 0 bridgehead atoms. The summed E-state index contributed by atoms with van der Waals surface area (Å²) in [6.45, 7) is 1.79. The SMILES string of the molecule is Cc1cccc(NC(=O)C[C@@H]2CCC[C@H]2N)c1C(N)=O. The Balaban J connectivity index is 2.08. The first-order valence-electron chi connectivity index (χ1n) is 6.94. The minimum atomic E-state index is -0.532. The van der Waals surface area contributed by atoms with Crippen LogP contribution in [0.2, 0.25) is 0 Å². The molecule has 0 spiro atoms. The number of amides is 2. The molecule has 0 heterocycles. The summed E-state index contributed by atoms with van der Waals surface area (Å²) in [7, 11) is 0. The Kier molecular flexibility index (Phi) is 4.39. The summed E-state index contributed by atoms with van der Waals surface area (Å²) in [4.78, 5) is 23.6. The fourth-order valence-electron chi connectivity index (χ4n) is 2.86. The van der Waals surface area contributed by atoms with Gasteiger partial charge in [-0.15, -0.1) is 0 Å². The number of benzene rings is 1. The zero-order valence-electron chi connectivity index (χ0n) is 11.7. The number of anilines is 1. The zero-order valence-corrected chi connectivity index (χ0v) is 11.7. The third kappa shape index (κ3) is 3.17. The molecular weight excluding hydrogens is 254 g/mol. The fourth-order valence-corrected chi connectivity index (χ4v) is 2.86. The molecule has 0 aliphatic heterocycles. The zero-order chi connectivity index (χ0) is 14.7. The second kappa shape index (κ2) is 6.05. The van der Waals surface area contributed by atoms with E-state index in [-0.39, 0.29) is 17.9 Å². The third-order valence-electron chi connectivity index (χ3n) is 3.96. The Morgan fingerprint density at radius 3 is 2.70 bits per heavy atom. The Labute approximate surface area is 118 Å². The van der Waals surface area contributed by atoms with Gasteiger partial charge in [-0.3, -0.25) is 9.59 Å². The number of primary amides is 1. The van der Waals surface area contributed by atoms with Gasteiger partial charge in [-0.2, -0.15) is 0 Å². The summed E-state index contributed by atoms with van der Waals surface area (Å²) in [5.41, 5.74) is 12.9. The van der Waals surface area contributed by atoms with E-state index in [0.29, 0.717) is 17.7 Å². The van der Waals surface area contributed by atoms with E-state index in [4.69, 9.17) is 11.5 Å². The fraction of sp³-hybridized carbons (Fsp3) is 0.467. The molecule has 108 valence electrons. The molecule has 2 atom stereocenters. The molecule has 2 rings (SSSR count). The summed E-state index contributed by atoms with van der Waals surface area (Å²) < 4.78 is 0. The second-order valence-electron chi connectivity index (χ2n) is 5.47. The van der Waals surface area contributed by atoms with Gasteiger partial charge >= 0.3 is 0 Å². The van der Waals surface area contributed by atoms with Crippen molar-refractivity contribution >= 4 is 17.5 Å². The Morgan fingerprint density at radius 2 is 2.10 bits per heavy atom. The van der Waals surface area contributed by atoms with Crippen LogP contribution in [0.4, 0.5) is 5.69 Å². The number of rotatable bonds is 4. The molecule has 0 saturated heterocycles. The van der Waals surface area contributed by atoms with E-state index in [1.807, 2.05) is 0 Å². The third-order valence-corrected chi connectivity index (χ3v) is 3.96. The molecule has 5 nitrogen and oxygen atoms in total. The number of hydrogen-bond acceptors (Lipinski definition) is 3. The Bertz CT molecular complexity index is 528. The first-order chi connectivity index (χ1) is 9.49.